The standard InChI is InChI=1S/C10H11FO2Se/c1-10(11,9(12)13)7-14-8-5-3-2-4-6-8/h2-6H,7H2,1H3,(H,12,13). The minimum atomic E-state index is -2.10. The molecule has 1 rings (SSSR count). The molecule has 1 unspecified atom stereocenters. The average Bonchev–Trinajstić information content (AvgIpc) is 2.16. The van der Waals surface area contributed by atoms with Crippen molar-refractivity contribution in [3.05, 3.63) is 30.3 Å². The molecule has 1 aromatic rings. The van der Waals surface area contributed by atoms with Gasteiger partial charge in [0.1, 0.15) is 0 Å². The Labute approximate surface area is 88.3 Å². The maximum atomic E-state index is 13.3. The van der Waals surface area contributed by atoms with Crippen LogP contribution in [-0.4, -0.2) is 31.7 Å². The molecule has 0 aromatic heterocycles. The summed E-state index contributed by atoms with van der Waals surface area (Å²) in [4.78, 5) is 10.5. The topological polar surface area (TPSA) is 37.3 Å². The molecule has 4 heteroatoms. The van der Waals surface area contributed by atoms with Crippen molar-refractivity contribution in [2.45, 2.75) is 17.9 Å². The van der Waals surface area contributed by atoms with Crippen molar-refractivity contribution < 1.29 is 14.3 Å². The molecule has 0 saturated carbocycles. The number of carboxylic acids is 1. The van der Waals surface area contributed by atoms with Crippen molar-refractivity contribution in [2.24, 2.45) is 0 Å². The van der Waals surface area contributed by atoms with Gasteiger partial charge in [-0.2, -0.15) is 0 Å². The number of halogens is 1. The monoisotopic (exact) mass is 262 g/mol. The molecule has 0 aliphatic carbocycles. The van der Waals surface area contributed by atoms with Gasteiger partial charge < -0.3 is 0 Å². The van der Waals surface area contributed by atoms with Crippen molar-refractivity contribution in [1.82, 2.24) is 0 Å². The molecule has 14 heavy (non-hydrogen) atoms. The molecule has 0 radical (unpaired) electrons. The summed E-state index contributed by atoms with van der Waals surface area (Å²) >= 11 is -0.122. The normalized spacial score (nSPS) is 14.7. The van der Waals surface area contributed by atoms with Crippen LogP contribution >= 0.6 is 0 Å². The number of hydrogen-bond donors (Lipinski definition) is 1. The van der Waals surface area contributed by atoms with Gasteiger partial charge in [0.2, 0.25) is 0 Å². The van der Waals surface area contributed by atoms with Gasteiger partial charge in [0, 0.05) is 0 Å². The summed E-state index contributed by atoms with van der Waals surface area (Å²) in [6.45, 7) is 1.11. The Balaban J connectivity index is 2.53. The maximum absolute atomic E-state index is 13.3. The molecular weight excluding hydrogens is 250 g/mol. The second-order valence-electron chi connectivity index (χ2n) is 3.10. The molecule has 0 aliphatic heterocycles. The van der Waals surface area contributed by atoms with Crippen molar-refractivity contribution in [1.29, 1.82) is 0 Å². The molecule has 2 nitrogen and oxygen atoms in total. The molecule has 76 valence electrons. The second kappa shape index (κ2) is 4.58. The predicted octanol–water partition coefficient (Wildman–Crippen LogP) is 1.25. The number of rotatable bonds is 4. The molecule has 0 fully saturated rings. The second-order valence-corrected chi connectivity index (χ2v) is 5.30. The van der Waals surface area contributed by atoms with Crippen LogP contribution in [0, 0.1) is 0 Å². The number of aliphatic carboxylic acids is 1. The van der Waals surface area contributed by atoms with Crippen molar-refractivity contribution in [2.75, 3.05) is 0 Å². The van der Waals surface area contributed by atoms with Crippen LogP contribution in [0.4, 0.5) is 4.39 Å². The van der Waals surface area contributed by atoms with Crippen LogP contribution in [0.1, 0.15) is 6.92 Å². The first-order valence-electron chi connectivity index (χ1n) is 4.12. The fraction of sp³-hybridized carbons (Fsp3) is 0.300. The van der Waals surface area contributed by atoms with Gasteiger partial charge in [-0.3, -0.25) is 0 Å². The Morgan fingerprint density at radius 3 is 2.57 bits per heavy atom. The number of benzene rings is 1. The van der Waals surface area contributed by atoms with Gasteiger partial charge in [-0.1, -0.05) is 0 Å². The molecule has 0 bridgehead atoms. The Hall–Kier alpha value is -0.861. The number of carboxylic acid groups (broad SMARTS) is 1. The van der Waals surface area contributed by atoms with Crippen LogP contribution in [0.25, 0.3) is 0 Å². The van der Waals surface area contributed by atoms with Gasteiger partial charge in [0.15, 0.2) is 0 Å². The molecule has 0 spiro atoms. The minimum absolute atomic E-state index is 0.0688. The van der Waals surface area contributed by atoms with E-state index in [9.17, 15) is 9.18 Å². The molecular formula is C10H11FO2Se. The Morgan fingerprint density at radius 2 is 2.07 bits per heavy atom. The van der Waals surface area contributed by atoms with E-state index in [0.717, 1.165) is 11.4 Å². The summed E-state index contributed by atoms with van der Waals surface area (Å²) in [7, 11) is 0. The predicted molar refractivity (Wildman–Crippen MR) is 53.8 cm³/mol. The summed E-state index contributed by atoms with van der Waals surface area (Å²) in [6, 6.07) is 9.39. The molecule has 1 N–H and O–H groups in total. The zero-order valence-electron chi connectivity index (χ0n) is 7.74. The van der Waals surface area contributed by atoms with Gasteiger partial charge in [0.05, 0.1) is 0 Å². The Bertz CT molecular complexity index is 311. The fourth-order valence-electron chi connectivity index (χ4n) is 0.797. The van der Waals surface area contributed by atoms with Crippen LogP contribution in [0.2, 0.25) is 5.32 Å². The van der Waals surface area contributed by atoms with E-state index < -0.39 is 11.6 Å². The van der Waals surface area contributed by atoms with E-state index in [-0.39, 0.29) is 20.3 Å². The fourth-order valence-corrected chi connectivity index (χ4v) is 2.71. The van der Waals surface area contributed by atoms with Gasteiger partial charge in [0.25, 0.3) is 0 Å². The number of carbonyl (C=O) groups is 1. The first-order chi connectivity index (χ1) is 6.52. The van der Waals surface area contributed by atoms with E-state index >= 15 is 0 Å². The zero-order valence-corrected chi connectivity index (χ0v) is 9.45. The Morgan fingerprint density at radius 1 is 1.50 bits per heavy atom. The first kappa shape index (κ1) is 11.2. The molecule has 0 aliphatic rings. The van der Waals surface area contributed by atoms with E-state index in [4.69, 9.17) is 5.11 Å². The van der Waals surface area contributed by atoms with Gasteiger partial charge in [-0.05, 0) is 0 Å². The van der Waals surface area contributed by atoms with Gasteiger partial charge in [-0.15, -0.1) is 0 Å². The summed E-state index contributed by atoms with van der Waals surface area (Å²) in [6.07, 6.45) is 0. The molecule has 0 amide bonds. The van der Waals surface area contributed by atoms with Gasteiger partial charge >= 0.3 is 87.9 Å². The molecule has 1 aromatic carbocycles. The van der Waals surface area contributed by atoms with E-state index in [1.807, 2.05) is 30.3 Å². The van der Waals surface area contributed by atoms with Gasteiger partial charge in [-0.25, -0.2) is 0 Å². The third-order valence-electron chi connectivity index (χ3n) is 1.70. The first-order valence-corrected chi connectivity index (χ1v) is 6.19. The summed E-state index contributed by atoms with van der Waals surface area (Å²) in [5.41, 5.74) is -2.10. The summed E-state index contributed by atoms with van der Waals surface area (Å²) in [5.74, 6) is -1.38. The van der Waals surface area contributed by atoms with Crippen LogP contribution in [0.3, 0.4) is 0 Å². The number of hydrogen-bond acceptors (Lipinski definition) is 1. The third kappa shape index (κ3) is 3.13. The molecule has 0 heterocycles. The van der Waals surface area contributed by atoms with Crippen molar-refractivity contribution in [3.8, 4) is 0 Å². The van der Waals surface area contributed by atoms with E-state index in [1.54, 1.807) is 0 Å². The zero-order chi connectivity index (χ0) is 10.6. The van der Waals surface area contributed by atoms with Crippen LogP contribution in [0.5, 0.6) is 0 Å². The van der Waals surface area contributed by atoms with E-state index in [2.05, 4.69) is 0 Å². The summed E-state index contributed by atoms with van der Waals surface area (Å²) < 4.78 is 14.3. The van der Waals surface area contributed by atoms with E-state index in [0.29, 0.717) is 0 Å². The number of alkyl halides is 1. The van der Waals surface area contributed by atoms with Crippen molar-refractivity contribution in [3.63, 3.8) is 0 Å². The summed E-state index contributed by atoms with van der Waals surface area (Å²) in [5, 5.41) is 8.62. The quantitative estimate of drug-likeness (QED) is 0.828. The van der Waals surface area contributed by atoms with Crippen molar-refractivity contribution >= 4 is 25.4 Å². The SMILES string of the molecule is CC(F)(C[Se]c1ccccc1)C(=O)O. The van der Waals surface area contributed by atoms with Crippen LogP contribution in [-0.2, 0) is 4.79 Å². The van der Waals surface area contributed by atoms with E-state index in [1.165, 1.54) is 0 Å². The Kier molecular flexibility index (Phi) is 3.67. The molecule has 1 atom stereocenters. The molecule has 0 saturated heterocycles. The average molecular weight is 261 g/mol. The van der Waals surface area contributed by atoms with Crippen LogP contribution < -0.4 is 4.46 Å². The van der Waals surface area contributed by atoms with Crippen LogP contribution in [0.15, 0.2) is 30.3 Å². The third-order valence-corrected chi connectivity index (χ3v) is 4.41.